The number of ketones is 2. The van der Waals surface area contributed by atoms with Crippen molar-refractivity contribution in [2.75, 3.05) is 0 Å². The Balaban J connectivity index is 2.31. The summed E-state index contributed by atoms with van der Waals surface area (Å²) in [5.74, 6) is 1.82. The van der Waals surface area contributed by atoms with E-state index in [1.165, 1.54) is 0 Å². The smallest absolute Gasteiger partial charge is 0.139 e. The molecule has 0 aromatic heterocycles. The SMILES string of the molecule is CC(=O)C1C2C(CC1(C)C)C(=O)C2C(C)C. The molecule has 2 aliphatic rings. The maximum atomic E-state index is 12.0. The molecule has 2 heteroatoms. The van der Waals surface area contributed by atoms with Crippen LogP contribution in [0, 0.1) is 35.0 Å². The lowest BCUT2D eigenvalue weighted by atomic mass is 9.58. The van der Waals surface area contributed by atoms with E-state index < -0.39 is 0 Å². The Morgan fingerprint density at radius 3 is 2.38 bits per heavy atom. The van der Waals surface area contributed by atoms with Crippen LogP contribution in [0.4, 0.5) is 0 Å². The van der Waals surface area contributed by atoms with Gasteiger partial charge in [-0.1, -0.05) is 27.7 Å². The van der Waals surface area contributed by atoms with Gasteiger partial charge in [0, 0.05) is 17.8 Å². The van der Waals surface area contributed by atoms with Crippen LogP contribution in [0.5, 0.6) is 0 Å². The highest BCUT2D eigenvalue weighted by Crippen LogP contribution is 2.61. The monoisotopic (exact) mass is 222 g/mol. The molecule has 2 saturated carbocycles. The quantitative estimate of drug-likeness (QED) is 0.720. The molecular weight excluding hydrogens is 200 g/mol. The minimum atomic E-state index is 0.0144. The van der Waals surface area contributed by atoms with Crippen molar-refractivity contribution >= 4 is 11.6 Å². The zero-order valence-corrected chi connectivity index (χ0v) is 10.9. The standard InChI is InChI=1S/C14H22O2/c1-7(2)10-11-9(13(10)16)6-14(4,5)12(11)8(3)15/h7,9-12H,6H2,1-5H3. The van der Waals surface area contributed by atoms with E-state index in [9.17, 15) is 9.59 Å². The van der Waals surface area contributed by atoms with Crippen LogP contribution in [-0.2, 0) is 9.59 Å². The average Bonchev–Trinajstić information content (AvgIpc) is 2.34. The van der Waals surface area contributed by atoms with Crippen molar-refractivity contribution in [2.45, 2.75) is 41.0 Å². The van der Waals surface area contributed by atoms with Crippen molar-refractivity contribution in [1.82, 2.24) is 0 Å². The van der Waals surface area contributed by atoms with Gasteiger partial charge in [-0.3, -0.25) is 9.59 Å². The summed E-state index contributed by atoms with van der Waals surface area (Å²) in [6.07, 6.45) is 0.907. The van der Waals surface area contributed by atoms with E-state index in [4.69, 9.17) is 0 Å². The molecule has 2 nitrogen and oxygen atoms in total. The van der Waals surface area contributed by atoms with Gasteiger partial charge in [0.2, 0.25) is 0 Å². The zero-order valence-electron chi connectivity index (χ0n) is 10.9. The second-order valence-corrected chi connectivity index (χ2v) is 6.64. The van der Waals surface area contributed by atoms with Crippen LogP contribution in [0.15, 0.2) is 0 Å². The maximum Gasteiger partial charge on any atom is 0.139 e. The molecule has 0 radical (unpaired) electrons. The molecule has 0 saturated heterocycles. The summed E-state index contributed by atoms with van der Waals surface area (Å²) in [4.78, 5) is 23.8. The molecule has 2 aliphatic carbocycles. The Morgan fingerprint density at radius 1 is 1.38 bits per heavy atom. The summed E-state index contributed by atoms with van der Waals surface area (Å²) in [5, 5.41) is 0. The fourth-order valence-electron chi connectivity index (χ4n) is 4.24. The van der Waals surface area contributed by atoms with Crippen molar-refractivity contribution < 1.29 is 9.59 Å². The van der Waals surface area contributed by atoms with Crippen molar-refractivity contribution in [3.8, 4) is 0 Å². The molecule has 2 fully saturated rings. The lowest BCUT2D eigenvalue weighted by Crippen LogP contribution is -2.50. The molecule has 2 rings (SSSR count). The number of hydrogen-bond acceptors (Lipinski definition) is 2. The fourth-order valence-corrected chi connectivity index (χ4v) is 4.24. The van der Waals surface area contributed by atoms with Crippen LogP contribution in [0.3, 0.4) is 0 Å². The molecule has 0 spiro atoms. The van der Waals surface area contributed by atoms with Crippen LogP contribution in [0.1, 0.15) is 41.0 Å². The highest BCUT2D eigenvalue weighted by Gasteiger charge is 2.63. The third kappa shape index (κ3) is 1.38. The average molecular weight is 222 g/mol. The summed E-state index contributed by atoms with van der Waals surface area (Å²) < 4.78 is 0. The molecule has 0 bridgehead atoms. The van der Waals surface area contributed by atoms with E-state index in [-0.39, 0.29) is 29.0 Å². The number of rotatable bonds is 2. The van der Waals surface area contributed by atoms with Gasteiger partial charge in [-0.2, -0.15) is 0 Å². The van der Waals surface area contributed by atoms with Crippen LogP contribution < -0.4 is 0 Å². The molecule has 0 aromatic carbocycles. The first-order valence-corrected chi connectivity index (χ1v) is 6.31. The highest BCUT2D eigenvalue weighted by atomic mass is 16.1. The van der Waals surface area contributed by atoms with Crippen LogP contribution in [-0.4, -0.2) is 11.6 Å². The second-order valence-electron chi connectivity index (χ2n) is 6.64. The van der Waals surface area contributed by atoms with Crippen molar-refractivity contribution in [3.05, 3.63) is 0 Å². The van der Waals surface area contributed by atoms with Gasteiger partial charge in [0.1, 0.15) is 11.6 Å². The molecule has 90 valence electrons. The third-order valence-corrected chi connectivity index (χ3v) is 4.70. The molecule has 0 N–H and O–H groups in total. The van der Waals surface area contributed by atoms with Crippen LogP contribution >= 0.6 is 0 Å². The Hall–Kier alpha value is -0.660. The van der Waals surface area contributed by atoms with Gasteiger partial charge in [0.15, 0.2) is 0 Å². The number of fused-ring (bicyclic) bond motifs is 1. The highest BCUT2D eigenvalue weighted by molar-refractivity contribution is 5.94. The summed E-state index contributed by atoms with van der Waals surface area (Å²) in [6.45, 7) is 10.2. The lowest BCUT2D eigenvalue weighted by molar-refractivity contribution is -0.147. The molecule has 4 atom stereocenters. The van der Waals surface area contributed by atoms with Crippen molar-refractivity contribution in [3.63, 3.8) is 0 Å². The van der Waals surface area contributed by atoms with Crippen LogP contribution in [0.2, 0.25) is 0 Å². The van der Waals surface area contributed by atoms with E-state index >= 15 is 0 Å². The Labute approximate surface area is 97.8 Å². The van der Waals surface area contributed by atoms with Gasteiger partial charge >= 0.3 is 0 Å². The summed E-state index contributed by atoms with van der Waals surface area (Å²) in [5.41, 5.74) is 0.0144. The summed E-state index contributed by atoms with van der Waals surface area (Å²) in [6, 6.07) is 0. The maximum absolute atomic E-state index is 12.0. The minimum Gasteiger partial charge on any atom is -0.300 e. The topological polar surface area (TPSA) is 34.1 Å². The van der Waals surface area contributed by atoms with E-state index in [1.807, 2.05) is 0 Å². The second kappa shape index (κ2) is 3.41. The van der Waals surface area contributed by atoms with Gasteiger partial charge < -0.3 is 0 Å². The molecule has 0 heterocycles. The fraction of sp³-hybridized carbons (Fsp3) is 0.857. The van der Waals surface area contributed by atoms with E-state index in [0.717, 1.165) is 6.42 Å². The Bertz CT molecular complexity index is 341. The first-order chi connectivity index (χ1) is 7.27. The molecule has 0 aromatic rings. The predicted molar refractivity (Wildman–Crippen MR) is 62.9 cm³/mol. The molecule has 0 aliphatic heterocycles. The lowest BCUT2D eigenvalue weighted by Gasteiger charge is -2.43. The molecule has 16 heavy (non-hydrogen) atoms. The van der Waals surface area contributed by atoms with Crippen molar-refractivity contribution in [1.29, 1.82) is 0 Å². The first-order valence-electron chi connectivity index (χ1n) is 6.31. The zero-order chi connectivity index (χ0) is 12.2. The summed E-state index contributed by atoms with van der Waals surface area (Å²) >= 11 is 0. The van der Waals surface area contributed by atoms with Gasteiger partial charge in [0.25, 0.3) is 0 Å². The number of carbonyl (C=O) groups is 2. The number of carbonyl (C=O) groups excluding carboxylic acids is 2. The largest absolute Gasteiger partial charge is 0.300 e. The van der Waals surface area contributed by atoms with Crippen LogP contribution in [0.25, 0.3) is 0 Å². The van der Waals surface area contributed by atoms with Gasteiger partial charge in [-0.25, -0.2) is 0 Å². The normalized spacial score (nSPS) is 40.8. The Kier molecular flexibility index (Phi) is 2.52. The predicted octanol–water partition coefficient (Wildman–Crippen LogP) is 2.71. The third-order valence-electron chi connectivity index (χ3n) is 4.70. The molecular formula is C14H22O2. The number of Topliss-reactive ketones (excluding diaryl/α,β-unsaturated/α-hetero) is 2. The van der Waals surface area contributed by atoms with E-state index in [1.54, 1.807) is 6.92 Å². The summed E-state index contributed by atoms with van der Waals surface area (Å²) in [7, 11) is 0. The van der Waals surface area contributed by atoms with E-state index in [2.05, 4.69) is 27.7 Å². The number of hydrogen-bond donors (Lipinski definition) is 0. The Morgan fingerprint density at radius 2 is 1.94 bits per heavy atom. The first kappa shape index (κ1) is 11.8. The van der Waals surface area contributed by atoms with E-state index in [0.29, 0.717) is 17.6 Å². The molecule has 4 unspecified atom stereocenters. The van der Waals surface area contributed by atoms with Gasteiger partial charge in [-0.05, 0) is 30.6 Å². The van der Waals surface area contributed by atoms with Gasteiger partial charge in [0.05, 0.1) is 0 Å². The van der Waals surface area contributed by atoms with Gasteiger partial charge in [-0.15, -0.1) is 0 Å². The molecule has 0 amide bonds. The minimum absolute atomic E-state index is 0.0144. The van der Waals surface area contributed by atoms with Crippen molar-refractivity contribution in [2.24, 2.45) is 35.0 Å².